The Morgan fingerprint density at radius 1 is 0.973 bits per heavy atom. The average Bonchev–Trinajstić information content (AvgIpc) is 3.31. The molecule has 3 atom stereocenters. The Balaban J connectivity index is 1.76. The average molecular weight is 510 g/mol. The molecule has 3 amide bonds. The lowest BCUT2D eigenvalue weighted by atomic mass is 10.0. The van der Waals surface area contributed by atoms with Crippen LogP contribution in [0, 0.1) is 0 Å². The highest BCUT2D eigenvalue weighted by Gasteiger charge is 2.44. The van der Waals surface area contributed by atoms with Gasteiger partial charge in [-0.1, -0.05) is 60.7 Å². The summed E-state index contributed by atoms with van der Waals surface area (Å²) >= 11 is 0. The minimum atomic E-state index is -1.17. The van der Waals surface area contributed by atoms with Crippen molar-refractivity contribution in [2.45, 2.75) is 63.9 Å². The number of alkyl carbamates (subject to hydrolysis) is 1. The van der Waals surface area contributed by atoms with Crippen LogP contribution in [0.25, 0.3) is 0 Å². The number of amides is 3. The van der Waals surface area contributed by atoms with Crippen LogP contribution in [0.5, 0.6) is 0 Å². The van der Waals surface area contributed by atoms with Crippen molar-refractivity contribution in [3.8, 4) is 0 Å². The van der Waals surface area contributed by atoms with E-state index in [9.17, 15) is 19.2 Å². The van der Waals surface area contributed by atoms with E-state index in [-0.39, 0.29) is 38.0 Å². The number of hydrogen-bond acceptors (Lipinski definition) is 6. The number of benzene rings is 2. The Hall–Kier alpha value is -3.72. The smallest absolute Gasteiger partial charge is 0.408 e. The fourth-order valence-electron chi connectivity index (χ4n) is 4.15. The molecule has 0 radical (unpaired) electrons. The number of nitrogens with zero attached hydrogens (tertiary/aromatic N) is 1. The number of likely N-dealkylation sites (tertiary alicyclic amines) is 1. The second-order valence-electron chi connectivity index (χ2n) is 10.1. The fourth-order valence-corrected chi connectivity index (χ4v) is 4.15. The molecule has 2 unspecified atom stereocenters. The van der Waals surface area contributed by atoms with Gasteiger partial charge in [0.15, 0.2) is 0 Å². The molecule has 1 heterocycles. The van der Waals surface area contributed by atoms with Crippen LogP contribution in [0.2, 0.25) is 0 Å². The lowest BCUT2D eigenvalue weighted by molar-refractivity contribution is -0.148. The third kappa shape index (κ3) is 8.15. The molecule has 0 spiro atoms. The Bertz CT molecular complexity index is 1080. The maximum atomic E-state index is 13.5. The molecule has 9 nitrogen and oxygen atoms in total. The van der Waals surface area contributed by atoms with Gasteiger partial charge in [-0.15, -0.1) is 0 Å². The van der Waals surface area contributed by atoms with E-state index < -0.39 is 35.4 Å². The molecule has 2 N–H and O–H groups in total. The van der Waals surface area contributed by atoms with Crippen molar-refractivity contribution in [1.29, 1.82) is 0 Å². The van der Waals surface area contributed by atoms with Crippen LogP contribution in [-0.2, 0) is 36.9 Å². The monoisotopic (exact) mass is 509 g/mol. The van der Waals surface area contributed by atoms with E-state index >= 15 is 0 Å². The molecule has 1 aliphatic heterocycles. The van der Waals surface area contributed by atoms with Crippen LogP contribution in [0.1, 0.15) is 38.3 Å². The van der Waals surface area contributed by atoms with E-state index in [0.29, 0.717) is 0 Å². The van der Waals surface area contributed by atoms with Crippen LogP contribution in [0.4, 0.5) is 4.79 Å². The van der Waals surface area contributed by atoms with Gasteiger partial charge in [0, 0.05) is 32.0 Å². The fraction of sp³-hybridized carbons (Fsp3) is 0.429. The Labute approximate surface area is 217 Å². The SMILES string of the molecule is COC1C[C@@H](C(=O)NC(C)(C)C)N(C(=O)C(=O)C(Cc2ccccc2)NC(=O)OCc2ccccc2)C1. The van der Waals surface area contributed by atoms with Gasteiger partial charge in [0.25, 0.3) is 5.91 Å². The molecular weight excluding hydrogens is 474 g/mol. The van der Waals surface area contributed by atoms with E-state index in [4.69, 9.17) is 9.47 Å². The minimum Gasteiger partial charge on any atom is -0.445 e. The van der Waals surface area contributed by atoms with Gasteiger partial charge >= 0.3 is 6.09 Å². The molecule has 0 aliphatic carbocycles. The van der Waals surface area contributed by atoms with Crippen LogP contribution in [-0.4, -0.2) is 66.0 Å². The summed E-state index contributed by atoms with van der Waals surface area (Å²) in [5.41, 5.74) is 1.03. The number of nitrogens with one attached hydrogen (secondary N) is 2. The highest BCUT2D eigenvalue weighted by molar-refractivity contribution is 6.38. The van der Waals surface area contributed by atoms with Gasteiger partial charge in [-0.05, 0) is 31.9 Å². The molecule has 9 heteroatoms. The molecule has 2 aromatic carbocycles. The van der Waals surface area contributed by atoms with Crippen LogP contribution in [0.3, 0.4) is 0 Å². The number of carbonyl (C=O) groups excluding carboxylic acids is 4. The van der Waals surface area contributed by atoms with Crippen molar-refractivity contribution in [3.63, 3.8) is 0 Å². The molecular formula is C28H35N3O6. The van der Waals surface area contributed by atoms with Crippen LogP contribution in [0.15, 0.2) is 60.7 Å². The van der Waals surface area contributed by atoms with Gasteiger partial charge in [0.2, 0.25) is 11.7 Å². The second-order valence-corrected chi connectivity index (χ2v) is 10.1. The normalized spacial score (nSPS) is 18.1. The zero-order chi connectivity index (χ0) is 27.0. The first-order chi connectivity index (χ1) is 17.6. The van der Waals surface area contributed by atoms with Gasteiger partial charge < -0.3 is 25.0 Å². The Morgan fingerprint density at radius 2 is 1.57 bits per heavy atom. The molecule has 37 heavy (non-hydrogen) atoms. The van der Waals surface area contributed by atoms with Crippen LogP contribution >= 0.6 is 0 Å². The Kier molecular flexibility index (Phi) is 9.41. The molecule has 1 fully saturated rings. The third-order valence-corrected chi connectivity index (χ3v) is 5.97. The van der Waals surface area contributed by atoms with E-state index in [1.165, 1.54) is 12.0 Å². The quantitative estimate of drug-likeness (QED) is 0.503. The van der Waals surface area contributed by atoms with E-state index in [0.717, 1.165) is 11.1 Å². The number of methoxy groups -OCH3 is 1. The second kappa shape index (κ2) is 12.5. The van der Waals surface area contributed by atoms with Crippen molar-refractivity contribution in [3.05, 3.63) is 71.8 Å². The van der Waals surface area contributed by atoms with E-state index in [2.05, 4.69) is 10.6 Å². The number of hydrogen-bond donors (Lipinski definition) is 2. The van der Waals surface area contributed by atoms with Gasteiger partial charge in [-0.3, -0.25) is 14.4 Å². The largest absolute Gasteiger partial charge is 0.445 e. The van der Waals surface area contributed by atoms with Crippen LogP contribution < -0.4 is 10.6 Å². The Morgan fingerprint density at radius 3 is 2.14 bits per heavy atom. The highest BCUT2D eigenvalue weighted by atomic mass is 16.5. The first kappa shape index (κ1) is 27.9. The summed E-state index contributed by atoms with van der Waals surface area (Å²) in [6.07, 6.45) is -0.840. The maximum absolute atomic E-state index is 13.5. The summed E-state index contributed by atoms with van der Waals surface area (Å²) in [4.78, 5) is 53.7. The maximum Gasteiger partial charge on any atom is 0.408 e. The first-order valence-electron chi connectivity index (χ1n) is 12.3. The zero-order valence-electron chi connectivity index (χ0n) is 21.7. The summed E-state index contributed by atoms with van der Waals surface area (Å²) in [7, 11) is 1.50. The third-order valence-electron chi connectivity index (χ3n) is 5.97. The van der Waals surface area contributed by atoms with Crippen molar-refractivity contribution in [2.24, 2.45) is 0 Å². The van der Waals surface area contributed by atoms with Crippen molar-refractivity contribution in [1.82, 2.24) is 15.5 Å². The van der Waals surface area contributed by atoms with Gasteiger partial charge in [0.05, 0.1) is 6.10 Å². The van der Waals surface area contributed by atoms with Crippen molar-refractivity contribution in [2.75, 3.05) is 13.7 Å². The van der Waals surface area contributed by atoms with Gasteiger partial charge in [-0.25, -0.2) is 4.79 Å². The number of ether oxygens (including phenoxy) is 2. The summed E-state index contributed by atoms with van der Waals surface area (Å²) in [6, 6.07) is 16.2. The number of rotatable bonds is 9. The molecule has 1 aliphatic rings. The highest BCUT2D eigenvalue weighted by Crippen LogP contribution is 2.22. The number of ketones is 1. The molecule has 198 valence electrons. The summed E-state index contributed by atoms with van der Waals surface area (Å²) in [5, 5.41) is 5.43. The summed E-state index contributed by atoms with van der Waals surface area (Å²) < 4.78 is 10.7. The van der Waals surface area contributed by atoms with E-state index in [1.54, 1.807) is 12.1 Å². The predicted molar refractivity (Wildman–Crippen MR) is 138 cm³/mol. The molecule has 3 rings (SSSR count). The van der Waals surface area contributed by atoms with Crippen molar-refractivity contribution >= 4 is 23.7 Å². The van der Waals surface area contributed by atoms with Gasteiger partial charge in [0.1, 0.15) is 18.7 Å². The molecule has 0 bridgehead atoms. The topological polar surface area (TPSA) is 114 Å². The molecule has 1 saturated heterocycles. The minimum absolute atomic E-state index is 0.0174. The number of Topliss-reactive ketones (excluding diaryl/α,β-unsaturated/α-hetero) is 1. The standard InChI is InChI=1S/C28H35N3O6/c1-28(2,3)30-25(33)23-16-21(36-4)17-31(23)26(34)24(32)22(15-19-11-7-5-8-12-19)29-27(35)37-18-20-13-9-6-10-14-20/h5-14,21-23H,15-18H2,1-4H3,(H,29,35)(H,30,33)/t21?,22?,23-/m0/s1. The number of carbonyl (C=O) groups is 4. The lowest BCUT2D eigenvalue weighted by Gasteiger charge is -2.28. The summed E-state index contributed by atoms with van der Waals surface area (Å²) in [5.74, 6) is -2.04. The molecule has 2 aromatic rings. The molecule has 0 aromatic heterocycles. The zero-order valence-corrected chi connectivity index (χ0v) is 21.7. The lowest BCUT2D eigenvalue weighted by Crippen LogP contribution is -2.55. The molecule has 0 saturated carbocycles. The van der Waals surface area contributed by atoms with Gasteiger partial charge in [-0.2, -0.15) is 0 Å². The van der Waals surface area contributed by atoms with Crippen molar-refractivity contribution < 1.29 is 28.7 Å². The summed E-state index contributed by atoms with van der Waals surface area (Å²) in [6.45, 7) is 5.63. The first-order valence-corrected chi connectivity index (χ1v) is 12.3. The van der Waals surface area contributed by atoms with E-state index in [1.807, 2.05) is 69.3 Å². The predicted octanol–water partition coefficient (Wildman–Crippen LogP) is 2.62.